The van der Waals surface area contributed by atoms with Gasteiger partial charge in [0.2, 0.25) is 12.7 Å². The van der Waals surface area contributed by atoms with Gasteiger partial charge in [-0.2, -0.15) is 0 Å². The van der Waals surface area contributed by atoms with Crippen LogP contribution in [-0.4, -0.2) is 34.2 Å². The highest BCUT2D eigenvalue weighted by Gasteiger charge is 2.34. The van der Waals surface area contributed by atoms with E-state index in [1.807, 2.05) is 18.2 Å². The number of amides is 1. The lowest BCUT2D eigenvalue weighted by molar-refractivity contribution is -0.384. The summed E-state index contributed by atoms with van der Waals surface area (Å²) in [7, 11) is 0. The Kier molecular flexibility index (Phi) is 4.89. The van der Waals surface area contributed by atoms with Crippen LogP contribution in [0.25, 0.3) is 0 Å². The summed E-state index contributed by atoms with van der Waals surface area (Å²) >= 11 is 0. The van der Waals surface area contributed by atoms with Gasteiger partial charge in [-0.3, -0.25) is 14.9 Å². The molecule has 0 bridgehead atoms. The average Bonchev–Trinajstić information content (AvgIpc) is 3.24. The number of hydrogen-bond acceptors (Lipinski definition) is 6. The van der Waals surface area contributed by atoms with Gasteiger partial charge in [-0.1, -0.05) is 24.3 Å². The van der Waals surface area contributed by atoms with Crippen LogP contribution >= 0.6 is 0 Å². The molecule has 0 saturated heterocycles. The number of hydrogen-bond donors (Lipinski definition) is 1. The first-order valence-corrected chi connectivity index (χ1v) is 10.2. The third kappa shape index (κ3) is 3.60. The van der Waals surface area contributed by atoms with Crippen molar-refractivity contribution < 1.29 is 24.3 Å². The van der Waals surface area contributed by atoms with E-state index in [4.69, 9.17) is 9.47 Å². The maximum atomic E-state index is 13.4. The van der Waals surface area contributed by atoms with Crippen LogP contribution in [-0.2, 0) is 17.6 Å². The number of ether oxygens (including phenoxy) is 2. The number of rotatable bonds is 4. The molecule has 3 aromatic rings. The van der Waals surface area contributed by atoms with Crippen molar-refractivity contribution in [2.75, 3.05) is 13.3 Å². The van der Waals surface area contributed by atoms with Gasteiger partial charge < -0.3 is 19.5 Å². The lowest BCUT2D eigenvalue weighted by Crippen LogP contribution is -2.41. The normalized spacial score (nSPS) is 16.5. The lowest BCUT2D eigenvalue weighted by Gasteiger charge is -2.38. The Morgan fingerprint density at radius 1 is 1.09 bits per heavy atom. The van der Waals surface area contributed by atoms with Gasteiger partial charge in [-0.05, 0) is 52.9 Å². The Labute approximate surface area is 183 Å². The molecule has 0 aromatic heterocycles. The molecule has 8 nitrogen and oxygen atoms in total. The molecular weight excluding hydrogens is 412 g/mol. The Bertz CT molecular complexity index is 1210. The van der Waals surface area contributed by atoms with Crippen molar-refractivity contribution in [2.24, 2.45) is 0 Å². The summed E-state index contributed by atoms with van der Waals surface area (Å²) in [5, 5.41) is 21.0. The number of carbonyl (C=O) groups is 1. The molecule has 1 atom stereocenters. The monoisotopic (exact) mass is 432 g/mol. The molecule has 2 aliphatic heterocycles. The Hall–Kier alpha value is -4.07. The van der Waals surface area contributed by atoms with Crippen LogP contribution in [0.5, 0.6) is 17.2 Å². The number of non-ortho nitro benzene ring substituents is 1. The minimum Gasteiger partial charge on any atom is -0.508 e. The van der Waals surface area contributed by atoms with Crippen LogP contribution < -0.4 is 9.47 Å². The van der Waals surface area contributed by atoms with Gasteiger partial charge >= 0.3 is 0 Å². The molecule has 2 aliphatic rings. The zero-order chi connectivity index (χ0) is 22.2. The Morgan fingerprint density at radius 3 is 2.56 bits per heavy atom. The summed E-state index contributed by atoms with van der Waals surface area (Å²) in [6.07, 6.45) is 0.778. The van der Waals surface area contributed by atoms with Crippen molar-refractivity contribution in [3.05, 3.63) is 93.0 Å². The number of benzene rings is 3. The minimum absolute atomic E-state index is 0.0122. The van der Waals surface area contributed by atoms with E-state index in [0.29, 0.717) is 30.0 Å². The number of nitrogens with zero attached hydrogens (tertiary/aromatic N) is 2. The fourth-order valence-corrected chi connectivity index (χ4v) is 4.34. The van der Waals surface area contributed by atoms with E-state index >= 15 is 0 Å². The molecule has 1 amide bonds. The van der Waals surface area contributed by atoms with E-state index in [-0.39, 0.29) is 30.6 Å². The van der Waals surface area contributed by atoms with Gasteiger partial charge in [0.15, 0.2) is 11.5 Å². The van der Waals surface area contributed by atoms with Gasteiger partial charge in [0.05, 0.1) is 17.4 Å². The van der Waals surface area contributed by atoms with Crippen molar-refractivity contribution in [3.8, 4) is 17.2 Å². The van der Waals surface area contributed by atoms with Gasteiger partial charge in [0, 0.05) is 18.7 Å². The molecule has 8 heteroatoms. The van der Waals surface area contributed by atoms with Gasteiger partial charge in [0.1, 0.15) is 5.75 Å². The van der Waals surface area contributed by atoms with Crippen LogP contribution in [0, 0.1) is 10.1 Å². The van der Waals surface area contributed by atoms with Crippen molar-refractivity contribution in [3.63, 3.8) is 0 Å². The maximum absolute atomic E-state index is 13.4. The third-order valence-electron chi connectivity index (χ3n) is 5.87. The summed E-state index contributed by atoms with van der Waals surface area (Å²) in [5.74, 6) is 1.36. The first kappa shape index (κ1) is 19.9. The quantitative estimate of drug-likeness (QED) is 0.498. The molecule has 0 aliphatic carbocycles. The standard InChI is InChI=1S/C24H20N2O6/c27-19-3-1-2-17(11-19)24-20-13-22-21(31-14-32-22)12-16(20)8-9-25(24)23(28)10-15-4-6-18(7-5-15)26(29)30/h1-7,11-13,24,27H,8-10,14H2. The number of carbonyl (C=O) groups excluding carboxylic acids is 1. The topological polar surface area (TPSA) is 102 Å². The summed E-state index contributed by atoms with van der Waals surface area (Å²) in [6.45, 7) is 0.663. The first-order chi connectivity index (χ1) is 15.5. The molecule has 0 radical (unpaired) electrons. The second-order valence-corrected chi connectivity index (χ2v) is 7.84. The number of nitro groups is 1. The molecule has 5 rings (SSSR count). The number of phenols is 1. The van der Waals surface area contributed by atoms with Gasteiger partial charge in [0.25, 0.3) is 5.69 Å². The Balaban J connectivity index is 1.50. The first-order valence-electron chi connectivity index (χ1n) is 10.2. The second kappa shape index (κ2) is 7.88. The molecule has 3 aromatic carbocycles. The number of fused-ring (bicyclic) bond motifs is 2. The van der Waals surface area contributed by atoms with Crippen LogP contribution in [0.2, 0.25) is 0 Å². The predicted molar refractivity (Wildman–Crippen MR) is 115 cm³/mol. The summed E-state index contributed by atoms with van der Waals surface area (Å²) in [5.41, 5.74) is 3.49. The fraction of sp³-hybridized carbons (Fsp3) is 0.208. The van der Waals surface area contributed by atoms with Crippen LogP contribution in [0.15, 0.2) is 60.7 Å². The molecule has 0 fully saturated rings. The molecule has 2 heterocycles. The molecule has 1 N–H and O–H groups in total. The predicted octanol–water partition coefficient (Wildman–Crippen LogP) is 3.75. The summed E-state index contributed by atoms with van der Waals surface area (Å²) in [6, 6.07) is 16.4. The lowest BCUT2D eigenvalue weighted by atomic mass is 9.87. The van der Waals surface area contributed by atoms with E-state index in [2.05, 4.69) is 0 Å². The molecule has 32 heavy (non-hydrogen) atoms. The van der Waals surface area contributed by atoms with Crippen molar-refractivity contribution in [1.82, 2.24) is 4.90 Å². The minimum atomic E-state index is -0.463. The second-order valence-electron chi connectivity index (χ2n) is 7.84. The molecule has 0 saturated carbocycles. The van der Waals surface area contributed by atoms with Crippen LogP contribution in [0.1, 0.15) is 28.3 Å². The number of aromatic hydroxyl groups is 1. The molecular formula is C24H20N2O6. The summed E-state index contributed by atoms with van der Waals surface area (Å²) < 4.78 is 11.1. The zero-order valence-corrected chi connectivity index (χ0v) is 17.1. The molecule has 162 valence electrons. The van der Waals surface area contributed by atoms with Gasteiger partial charge in [-0.25, -0.2) is 0 Å². The SMILES string of the molecule is O=C(Cc1ccc([N+](=O)[O-])cc1)N1CCc2cc3c(cc2C1c1cccc(O)c1)OCO3. The molecule has 1 unspecified atom stereocenters. The highest BCUT2D eigenvalue weighted by molar-refractivity contribution is 5.80. The highest BCUT2D eigenvalue weighted by atomic mass is 16.7. The van der Waals surface area contributed by atoms with E-state index in [1.54, 1.807) is 35.2 Å². The number of phenolic OH excluding ortho intramolecular Hbond substituents is 1. The largest absolute Gasteiger partial charge is 0.508 e. The average molecular weight is 432 g/mol. The van der Waals surface area contributed by atoms with E-state index in [0.717, 1.165) is 16.7 Å². The van der Waals surface area contributed by atoms with Gasteiger partial charge in [-0.15, -0.1) is 0 Å². The highest BCUT2D eigenvalue weighted by Crippen LogP contribution is 2.43. The van der Waals surface area contributed by atoms with Crippen LogP contribution in [0.3, 0.4) is 0 Å². The van der Waals surface area contributed by atoms with E-state index < -0.39 is 11.0 Å². The zero-order valence-electron chi connectivity index (χ0n) is 17.1. The maximum Gasteiger partial charge on any atom is 0.269 e. The fourth-order valence-electron chi connectivity index (χ4n) is 4.34. The van der Waals surface area contributed by atoms with E-state index in [9.17, 15) is 20.0 Å². The molecule has 0 spiro atoms. The number of nitro benzene ring substituents is 1. The van der Waals surface area contributed by atoms with Crippen LogP contribution in [0.4, 0.5) is 5.69 Å². The third-order valence-corrected chi connectivity index (χ3v) is 5.87. The van der Waals surface area contributed by atoms with Crippen molar-refractivity contribution in [2.45, 2.75) is 18.9 Å². The summed E-state index contributed by atoms with van der Waals surface area (Å²) in [4.78, 5) is 25.6. The van der Waals surface area contributed by atoms with Crippen molar-refractivity contribution in [1.29, 1.82) is 0 Å². The van der Waals surface area contributed by atoms with Crippen molar-refractivity contribution >= 4 is 11.6 Å². The smallest absolute Gasteiger partial charge is 0.269 e. The Morgan fingerprint density at radius 2 is 1.84 bits per heavy atom. The van der Waals surface area contributed by atoms with E-state index in [1.165, 1.54) is 12.1 Å².